The summed E-state index contributed by atoms with van der Waals surface area (Å²) in [5, 5.41) is 3.17. The minimum absolute atomic E-state index is 0.300. The van der Waals surface area contributed by atoms with Gasteiger partial charge in [0.15, 0.2) is 0 Å². The molecule has 1 amide bonds. The molecule has 0 bridgehead atoms. The van der Waals surface area contributed by atoms with E-state index in [9.17, 15) is 18.0 Å². The van der Waals surface area contributed by atoms with E-state index < -0.39 is 18.6 Å². The molecule has 1 aliphatic heterocycles. The van der Waals surface area contributed by atoms with E-state index in [2.05, 4.69) is 5.32 Å². The Kier molecular flexibility index (Phi) is 3.80. The monoisotopic (exact) mass is 272 g/mol. The zero-order valence-corrected chi connectivity index (χ0v) is 10.5. The van der Waals surface area contributed by atoms with E-state index in [0.717, 1.165) is 31.1 Å². The van der Waals surface area contributed by atoms with Crippen LogP contribution in [0, 0.1) is 0 Å². The van der Waals surface area contributed by atoms with Crippen molar-refractivity contribution in [1.29, 1.82) is 0 Å². The smallest absolute Gasteiger partial charge is 0.333 e. The third-order valence-electron chi connectivity index (χ3n) is 3.10. The van der Waals surface area contributed by atoms with Gasteiger partial charge < -0.3 is 10.2 Å². The van der Waals surface area contributed by atoms with Crippen molar-refractivity contribution in [2.75, 3.05) is 20.1 Å². The van der Waals surface area contributed by atoms with Crippen LogP contribution in [0.1, 0.15) is 21.5 Å². The van der Waals surface area contributed by atoms with E-state index in [0.29, 0.717) is 17.0 Å². The molecule has 0 radical (unpaired) electrons. The van der Waals surface area contributed by atoms with Gasteiger partial charge in [-0.05, 0) is 36.2 Å². The van der Waals surface area contributed by atoms with Gasteiger partial charge in [-0.25, -0.2) is 0 Å². The minimum Gasteiger partial charge on any atom is -0.333 e. The van der Waals surface area contributed by atoms with Gasteiger partial charge in [0.25, 0.3) is 5.91 Å². The van der Waals surface area contributed by atoms with E-state index in [1.54, 1.807) is 12.1 Å². The lowest BCUT2D eigenvalue weighted by atomic mass is 9.98. The molecular formula is C13H15F3N2O. The van der Waals surface area contributed by atoms with Crippen LogP contribution in [0.4, 0.5) is 13.2 Å². The predicted octanol–water partition coefficient (Wildman–Crippen LogP) is 1.97. The number of alkyl halides is 3. The van der Waals surface area contributed by atoms with Crippen molar-refractivity contribution in [1.82, 2.24) is 10.2 Å². The summed E-state index contributed by atoms with van der Waals surface area (Å²) in [6.07, 6.45) is -3.50. The molecule has 0 spiro atoms. The van der Waals surface area contributed by atoms with E-state index in [1.807, 2.05) is 6.07 Å². The molecule has 0 aliphatic carbocycles. The van der Waals surface area contributed by atoms with Crippen LogP contribution in [-0.4, -0.2) is 37.1 Å². The fourth-order valence-electron chi connectivity index (χ4n) is 2.17. The number of nitrogens with zero attached hydrogens (tertiary/aromatic N) is 1. The topological polar surface area (TPSA) is 32.3 Å². The number of hydrogen-bond acceptors (Lipinski definition) is 2. The third kappa shape index (κ3) is 3.47. The van der Waals surface area contributed by atoms with Crippen molar-refractivity contribution in [2.24, 2.45) is 0 Å². The first-order valence-corrected chi connectivity index (χ1v) is 6.01. The van der Waals surface area contributed by atoms with Gasteiger partial charge in [0.1, 0.15) is 6.54 Å². The molecule has 0 saturated carbocycles. The van der Waals surface area contributed by atoms with Gasteiger partial charge in [-0.2, -0.15) is 13.2 Å². The van der Waals surface area contributed by atoms with Gasteiger partial charge in [0.05, 0.1) is 0 Å². The first-order chi connectivity index (χ1) is 8.87. The maximum atomic E-state index is 12.3. The summed E-state index contributed by atoms with van der Waals surface area (Å²) < 4.78 is 36.8. The SMILES string of the molecule is CN(CC(F)(F)F)C(=O)c1ccc2c(c1)CNCC2. The Morgan fingerprint density at radius 3 is 2.79 bits per heavy atom. The Balaban J connectivity index is 2.15. The van der Waals surface area contributed by atoms with Crippen LogP contribution in [0.2, 0.25) is 0 Å². The largest absolute Gasteiger partial charge is 0.406 e. The second-order valence-corrected chi connectivity index (χ2v) is 4.69. The van der Waals surface area contributed by atoms with Crippen LogP contribution >= 0.6 is 0 Å². The van der Waals surface area contributed by atoms with Crippen LogP contribution in [0.3, 0.4) is 0 Å². The molecule has 19 heavy (non-hydrogen) atoms. The number of carbonyl (C=O) groups is 1. The molecule has 0 atom stereocenters. The molecule has 1 aromatic carbocycles. The van der Waals surface area contributed by atoms with Crippen molar-refractivity contribution < 1.29 is 18.0 Å². The number of fused-ring (bicyclic) bond motifs is 1. The fourth-order valence-corrected chi connectivity index (χ4v) is 2.17. The number of amides is 1. The summed E-state index contributed by atoms with van der Waals surface area (Å²) in [6.45, 7) is 0.300. The lowest BCUT2D eigenvalue weighted by Crippen LogP contribution is -2.36. The van der Waals surface area contributed by atoms with Crippen molar-refractivity contribution in [3.63, 3.8) is 0 Å². The Morgan fingerprint density at radius 2 is 2.11 bits per heavy atom. The summed E-state index contributed by atoms with van der Waals surface area (Å²) in [6, 6.07) is 5.10. The minimum atomic E-state index is -4.37. The van der Waals surface area contributed by atoms with Crippen LogP contribution in [0.15, 0.2) is 18.2 Å². The summed E-state index contributed by atoms with van der Waals surface area (Å²) in [7, 11) is 1.16. The highest BCUT2D eigenvalue weighted by Gasteiger charge is 2.31. The van der Waals surface area contributed by atoms with Gasteiger partial charge in [0.2, 0.25) is 0 Å². The molecule has 1 aromatic rings. The molecule has 6 heteroatoms. The highest BCUT2D eigenvalue weighted by atomic mass is 19.4. The van der Waals surface area contributed by atoms with Crippen molar-refractivity contribution in [3.8, 4) is 0 Å². The molecule has 2 rings (SSSR count). The average molecular weight is 272 g/mol. The molecule has 1 heterocycles. The predicted molar refractivity (Wildman–Crippen MR) is 64.9 cm³/mol. The fraction of sp³-hybridized carbons (Fsp3) is 0.462. The first-order valence-electron chi connectivity index (χ1n) is 6.01. The number of benzene rings is 1. The van der Waals surface area contributed by atoms with Gasteiger partial charge in [0, 0.05) is 19.2 Å². The van der Waals surface area contributed by atoms with E-state index in [4.69, 9.17) is 0 Å². The lowest BCUT2D eigenvalue weighted by Gasteiger charge is -2.21. The number of rotatable bonds is 2. The van der Waals surface area contributed by atoms with Crippen LogP contribution in [-0.2, 0) is 13.0 Å². The standard InChI is InChI=1S/C13H15F3N2O/c1-18(8-13(14,15)16)12(19)10-3-2-9-4-5-17-7-11(9)6-10/h2-3,6,17H,4-5,7-8H2,1H3. The zero-order chi connectivity index (χ0) is 14.0. The molecule has 0 saturated heterocycles. The number of nitrogens with one attached hydrogen (secondary N) is 1. The summed E-state index contributed by atoms with van der Waals surface area (Å²) in [5.41, 5.74) is 2.43. The lowest BCUT2D eigenvalue weighted by molar-refractivity contribution is -0.138. The Labute approximate surface area is 109 Å². The molecule has 1 N–H and O–H groups in total. The van der Waals surface area contributed by atoms with Gasteiger partial charge in [-0.3, -0.25) is 4.79 Å². The molecule has 0 aromatic heterocycles. The summed E-state index contributed by atoms with van der Waals surface area (Å²) in [5.74, 6) is -0.606. The normalized spacial score (nSPS) is 14.9. The van der Waals surface area contributed by atoms with Crippen molar-refractivity contribution in [2.45, 2.75) is 19.1 Å². The van der Waals surface area contributed by atoms with Crippen molar-refractivity contribution in [3.05, 3.63) is 34.9 Å². The molecule has 0 unspecified atom stereocenters. The summed E-state index contributed by atoms with van der Waals surface area (Å²) >= 11 is 0. The Hall–Kier alpha value is -1.56. The zero-order valence-electron chi connectivity index (χ0n) is 10.5. The Morgan fingerprint density at radius 1 is 1.37 bits per heavy atom. The maximum Gasteiger partial charge on any atom is 0.406 e. The first kappa shape index (κ1) is 13.9. The van der Waals surface area contributed by atoms with Crippen LogP contribution in [0.5, 0.6) is 0 Å². The molecular weight excluding hydrogens is 257 g/mol. The van der Waals surface area contributed by atoms with Gasteiger partial charge in [-0.15, -0.1) is 0 Å². The second kappa shape index (κ2) is 5.21. The molecule has 104 valence electrons. The quantitative estimate of drug-likeness (QED) is 0.892. The number of hydrogen-bond donors (Lipinski definition) is 1. The van der Waals surface area contributed by atoms with E-state index in [1.165, 1.54) is 0 Å². The maximum absolute atomic E-state index is 12.3. The highest BCUT2D eigenvalue weighted by Crippen LogP contribution is 2.19. The second-order valence-electron chi connectivity index (χ2n) is 4.69. The average Bonchev–Trinajstić information content (AvgIpc) is 2.35. The van der Waals surface area contributed by atoms with Gasteiger partial charge >= 0.3 is 6.18 Å². The van der Waals surface area contributed by atoms with E-state index >= 15 is 0 Å². The van der Waals surface area contributed by atoms with E-state index in [-0.39, 0.29) is 0 Å². The third-order valence-corrected chi connectivity index (χ3v) is 3.10. The Bertz CT molecular complexity index is 485. The molecule has 0 fully saturated rings. The molecule has 1 aliphatic rings. The number of carbonyl (C=O) groups excluding carboxylic acids is 1. The number of halogens is 3. The highest BCUT2D eigenvalue weighted by molar-refractivity contribution is 5.94. The summed E-state index contributed by atoms with van der Waals surface area (Å²) in [4.78, 5) is 12.6. The van der Waals surface area contributed by atoms with Gasteiger partial charge in [-0.1, -0.05) is 6.07 Å². The van der Waals surface area contributed by atoms with Crippen LogP contribution < -0.4 is 5.32 Å². The van der Waals surface area contributed by atoms with Crippen LogP contribution in [0.25, 0.3) is 0 Å². The molecule has 3 nitrogen and oxygen atoms in total. The van der Waals surface area contributed by atoms with Crippen molar-refractivity contribution >= 4 is 5.91 Å².